The summed E-state index contributed by atoms with van der Waals surface area (Å²) in [7, 11) is 0. The van der Waals surface area contributed by atoms with Crippen molar-refractivity contribution < 1.29 is 4.74 Å². The first-order valence-electron chi connectivity index (χ1n) is 5.02. The van der Waals surface area contributed by atoms with E-state index >= 15 is 0 Å². The van der Waals surface area contributed by atoms with Crippen LogP contribution >= 0.6 is 0 Å². The molecule has 0 bridgehead atoms. The summed E-state index contributed by atoms with van der Waals surface area (Å²) in [6, 6.07) is 3.93. The second kappa shape index (κ2) is 4.28. The maximum atomic E-state index is 8.92. The number of aromatic nitrogens is 1. The van der Waals surface area contributed by atoms with E-state index in [1.807, 2.05) is 0 Å². The van der Waals surface area contributed by atoms with Crippen LogP contribution in [0, 0.1) is 17.2 Å². The zero-order valence-electron chi connectivity index (χ0n) is 8.44. The predicted molar refractivity (Wildman–Crippen MR) is 56.0 cm³/mol. The molecule has 2 heterocycles. The molecule has 1 aromatic rings. The van der Waals surface area contributed by atoms with Gasteiger partial charge in [-0.1, -0.05) is 0 Å². The first kappa shape index (κ1) is 9.94. The van der Waals surface area contributed by atoms with Gasteiger partial charge in [0.05, 0.1) is 5.56 Å². The van der Waals surface area contributed by atoms with E-state index in [1.54, 1.807) is 12.3 Å². The summed E-state index contributed by atoms with van der Waals surface area (Å²) in [6.45, 7) is 1.61. The average molecular weight is 203 g/mol. The van der Waals surface area contributed by atoms with E-state index in [9.17, 15) is 0 Å². The van der Waals surface area contributed by atoms with Crippen LogP contribution in [0.1, 0.15) is 17.5 Å². The van der Waals surface area contributed by atoms with Crippen molar-refractivity contribution in [3.63, 3.8) is 0 Å². The van der Waals surface area contributed by atoms with Gasteiger partial charge < -0.3 is 10.5 Å². The topological polar surface area (TPSA) is 71.9 Å². The molecule has 1 fully saturated rings. The molecule has 0 aliphatic carbocycles. The second-order valence-corrected chi connectivity index (χ2v) is 3.81. The van der Waals surface area contributed by atoms with Gasteiger partial charge in [0.25, 0.3) is 0 Å². The van der Waals surface area contributed by atoms with Crippen molar-refractivity contribution in [1.82, 2.24) is 4.98 Å². The van der Waals surface area contributed by atoms with Crippen LogP contribution in [-0.4, -0.2) is 18.2 Å². The van der Waals surface area contributed by atoms with Crippen LogP contribution in [-0.2, 0) is 11.2 Å². The largest absolute Gasteiger partial charge is 0.384 e. The van der Waals surface area contributed by atoms with Crippen LogP contribution in [0.2, 0.25) is 0 Å². The van der Waals surface area contributed by atoms with Gasteiger partial charge >= 0.3 is 0 Å². The molecule has 0 saturated carbocycles. The Hall–Kier alpha value is -1.60. The number of nitrogens with zero attached hydrogens (tertiary/aromatic N) is 2. The van der Waals surface area contributed by atoms with E-state index in [2.05, 4.69) is 11.1 Å². The molecule has 2 rings (SSSR count). The Labute approximate surface area is 88.7 Å². The van der Waals surface area contributed by atoms with Crippen LogP contribution in [0.25, 0.3) is 0 Å². The molecule has 0 amide bonds. The minimum atomic E-state index is 0.475. The predicted octanol–water partition coefficient (Wildman–Crippen LogP) is 1.11. The summed E-state index contributed by atoms with van der Waals surface area (Å²) in [5.74, 6) is 0.988. The first-order valence-corrected chi connectivity index (χ1v) is 5.02. The molecule has 1 saturated heterocycles. The van der Waals surface area contributed by atoms with Crippen molar-refractivity contribution >= 4 is 5.82 Å². The van der Waals surface area contributed by atoms with Crippen molar-refractivity contribution in [2.45, 2.75) is 12.8 Å². The normalized spacial score (nSPS) is 20.1. The number of pyridine rings is 1. The van der Waals surface area contributed by atoms with E-state index in [0.717, 1.165) is 31.6 Å². The highest BCUT2D eigenvalue weighted by Gasteiger charge is 2.17. The van der Waals surface area contributed by atoms with Gasteiger partial charge in [-0.05, 0) is 30.4 Å². The van der Waals surface area contributed by atoms with Gasteiger partial charge in [0.15, 0.2) is 0 Å². The number of nitrogens with two attached hydrogens (primary N) is 1. The summed E-state index contributed by atoms with van der Waals surface area (Å²) in [6.07, 6.45) is 3.46. The third-order valence-corrected chi connectivity index (χ3v) is 2.66. The molecule has 0 aromatic carbocycles. The number of hydrogen-bond donors (Lipinski definition) is 1. The second-order valence-electron chi connectivity index (χ2n) is 3.81. The molecule has 0 radical (unpaired) electrons. The smallest absolute Gasteiger partial charge is 0.123 e. The van der Waals surface area contributed by atoms with E-state index in [1.165, 1.54) is 0 Å². The molecular formula is C11H13N3O. The lowest BCUT2D eigenvalue weighted by atomic mass is 9.96. The Bertz CT molecular complexity index is 391. The van der Waals surface area contributed by atoms with E-state index < -0.39 is 0 Å². The third-order valence-electron chi connectivity index (χ3n) is 2.66. The number of nitrogen functional groups attached to an aromatic ring is 1. The highest BCUT2D eigenvalue weighted by molar-refractivity contribution is 5.43. The molecule has 2 N–H and O–H groups in total. The SMILES string of the molecule is N#Cc1cnc(N)cc1C[C@H]1CCOC1. The van der Waals surface area contributed by atoms with Gasteiger partial charge in [-0.15, -0.1) is 0 Å². The van der Waals surface area contributed by atoms with Crippen LogP contribution in [0.3, 0.4) is 0 Å². The van der Waals surface area contributed by atoms with E-state index in [-0.39, 0.29) is 0 Å². The lowest BCUT2D eigenvalue weighted by Crippen LogP contribution is -2.06. The first-order chi connectivity index (χ1) is 7.29. The maximum Gasteiger partial charge on any atom is 0.123 e. The Balaban J connectivity index is 2.18. The fourth-order valence-electron chi connectivity index (χ4n) is 1.84. The standard InChI is InChI=1S/C11H13N3O/c12-5-10-6-14-11(13)4-9(10)3-8-1-2-15-7-8/h4,6,8H,1-3,7H2,(H2,13,14)/t8-/m1/s1. The van der Waals surface area contributed by atoms with Crippen molar-refractivity contribution in [1.29, 1.82) is 5.26 Å². The number of hydrogen-bond acceptors (Lipinski definition) is 4. The minimum Gasteiger partial charge on any atom is -0.384 e. The van der Waals surface area contributed by atoms with Crippen LogP contribution in [0.4, 0.5) is 5.82 Å². The minimum absolute atomic E-state index is 0.475. The maximum absolute atomic E-state index is 8.92. The highest BCUT2D eigenvalue weighted by Crippen LogP contribution is 2.21. The number of ether oxygens (including phenoxy) is 1. The third kappa shape index (κ3) is 2.25. The van der Waals surface area contributed by atoms with Crippen molar-refractivity contribution in [2.75, 3.05) is 18.9 Å². The molecule has 1 atom stereocenters. The zero-order valence-corrected chi connectivity index (χ0v) is 8.44. The molecule has 15 heavy (non-hydrogen) atoms. The van der Waals surface area contributed by atoms with E-state index in [0.29, 0.717) is 17.3 Å². The summed E-state index contributed by atoms with van der Waals surface area (Å²) >= 11 is 0. The lowest BCUT2D eigenvalue weighted by molar-refractivity contribution is 0.186. The Morgan fingerprint density at radius 2 is 2.53 bits per heavy atom. The number of anilines is 1. The van der Waals surface area contributed by atoms with Crippen LogP contribution in [0.5, 0.6) is 0 Å². The molecule has 1 aromatic heterocycles. The summed E-state index contributed by atoms with van der Waals surface area (Å²) in [4.78, 5) is 3.91. The molecule has 4 heteroatoms. The quantitative estimate of drug-likeness (QED) is 0.781. The molecular weight excluding hydrogens is 190 g/mol. The Morgan fingerprint density at radius 1 is 1.67 bits per heavy atom. The van der Waals surface area contributed by atoms with Gasteiger partial charge in [0.1, 0.15) is 11.9 Å². The molecule has 78 valence electrons. The Morgan fingerprint density at radius 3 is 3.20 bits per heavy atom. The Kier molecular flexibility index (Phi) is 2.84. The fraction of sp³-hybridized carbons (Fsp3) is 0.455. The zero-order chi connectivity index (χ0) is 10.7. The van der Waals surface area contributed by atoms with Crippen molar-refractivity contribution in [3.05, 3.63) is 23.4 Å². The van der Waals surface area contributed by atoms with E-state index in [4.69, 9.17) is 15.7 Å². The summed E-state index contributed by atoms with van der Waals surface area (Å²) < 4.78 is 5.30. The molecule has 4 nitrogen and oxygen atoms in total. The van der Waals surface area contributed by atoms with Gasteiger partial charge in [0, 0.05) is 19.4 Å². The van der Waals surface area contributed by atoms with Gasteiger partial charge in [-0.25, -0.2) is 4.98 Å². The van der Waals surface area contributed by atoms with Crippen LogP contribution < -0.4 is 5.73 Å². The molecule has 1 aliphatic rings. The van der Waals surface area contributed by atoms with Crippen molar-refractivity contribution in [3.8, 4) is 6.07 Å². The number of nitriles is 1. The average Bonchev–Trinajstić information content (AvgIpc) is 2.71. The summed E-state index contributed by atoms with van der Waals surface area (Å²) in [5.41, 5.74) is 7.21. The molecule has 0 spiro atoms. The highest BCUT2D eigenvalue weighted by atomic mass is 16.5. The molecule has 1 aliphatic heterocycles. The fourth-order valence-corrected chi connectivity index (χ4v) is 1.84. The van der Waals surface area contributed by atoms with Gasteiger partial charge in [0.2, 0.25) is 0 Å². The van der Waals surface area contributed by atoms with Crippen molar-refractivity contribution in [2.24, 2.45) is 5.92 Å². The number of rotatable bonds is 2. The molecule has 0 unspecified atom stereocenters. The summed E-state index contributed by atoms with van der Waals surface area (Å²) in [5, 5.41) is 8.92. The van der Waals surface area contributed by atoms with Crippen LogP contribution in [0.15, 0.2) is 12.3 Å². The lowest BCUT2D eigenvalue weighted by Gasteiger charge is -2.09. The van der Waals surface area contributed by atoms with Gasteiger partial charge in [-0.2, -0.15) is 5.26 Å². The monoisotopic (exact) mass is 203 g/mol. The van der Waals surface area contributed by atoms with Gasteiger partial charge in [-0.3, -0.25) is 0 Å².